The van der Waals surface area contributed by atoms with Gasteiger partial charge in [-0.2, -0.15) is 15.5 Å². The third kappa shape index (κ3) is 2.56. The first-order valence-corrected chi connectivity index (χ1v) is 4.98. The van der Waals surface area contributed by atoms with Crippen LogP contribution >= 0.6 is 0 Å². The number of rotatable bonds is 2. The van der Waals surface area contributed by atoms with Gasteiger partial charge in [-0.05, 0) is 0 Å². The minimum atomic E-state index is 0.0310. The molecule has 86 valence electrons. The lowest BCUT2D eigenvalue weighted by atomic mass is 10.4. The van der Waals surface area contributed by atoms with Gasteiger partial charge in [0.1, 0.15) is 12.1 Å². The molecule has 1 aliphatic heterocycles. The first-order chi connectivity index (χ1) is 8.33. The molecule has 1 aromatic rings. The molecule has 8 heteroatoms. The maximum Gasteiger partial charge on any atom is 0.250 e. The highest BCUT2D eigenvalue weighted by Gasteiger charge is 2.10. The molecule has 1 aliphatic rings. The predicted molar refractivity (Wildman–Crippen MR) is 54.9 cm³/mol. The van der Waals surface area contributed by atoms with E-state index in [4.69, 9.17) is 15.3 Å². The zero-order valence-electron chi connectivity index (χ0n) is 8.92. The molecule has 0 saturated carbocycles. The molecule has 0 radical (unpaired) electrons. The molecule has 0 bridgehead atoms. The molecule has 1 fully saturated rings. The van der Waals surface area contributed by atoms with Gasteiger partial charge in [-0.1, -0.05) is 10.3 Å². The third-order valence-electron chi connectivity index (χ3n) is 2.16. The van der Waals surface area contributed by atoms with E-state index in [-0.39, 0.29) is 17.3 Å². The van der Waals surface area contributed by atoms with Crippen molar-refractivity contribution < 1.29 is 4.74 Å². The van der Waals surface area contributed by atoms with Crippen molar-refractivity contribution in [1.82, 2.24) is 15.0 Å². The van der Waals surface area contributed by atoms with Gasteiger partial charge in [0.05, 0.1) is 26.3 Å². The second-order valence-corrected chi connectivity index (χ2v) is 3.26. The molecule has 0 aliphatic carbocycles. The summed E-state index contributed by atoms with van der Waals surface area (Å²) in [7, 11) is 0. The van der Waals surface area contributed by atoms with Crippen LogP contribution in [0.1, 0.15) is 11.4 Å². The molecule has 0 aromatic carbocycles. The van der Waals surface area contributed by atoms with E-state index in [9.17, 15) is 0 Å². The van der Waals surface area contributed by atoms with Crippen molar-refractivity contribution in [3.8, 4) is 12.1 Å². The maximum atomic E-state index is 8.71. The van der Waals surface area contributed by atoms with Crippen LogP contribution in [0.2, 0.25) is 0 Å². The standard InChI is InChI=1S/C9H9N7O/c10-5-7-8(6-11)13-9(12-7)14-15-16-1-3-17-4-2-16/h1-4H2,(H,12,13). The van der Waals surface area contributed by atoms with Crippen LogP contribution in [-0.4, -0.2) is 41.3 Å². The number of ether oxygens (including phenoxy) is 1. The summed E-state index contributed by atoms with van der Waals surface area (Å²) in [5, 5.41) is 26.9. The van der Waals surface area contributed by atoms with Gasteiger partial charge in [-0.25, -0.2) is 0 Å². The van der Waals surface area contributed by atoms with E-state index < -0.39 is 0 Å². The van der Waals surface area contributed by atoms with Crippen molar-refractivity contribution in [2.75, 3.05) is 26.3 Å². The minimum Gasteiger partial charge on any atom is -0.378 e. The van der Waals surface area contributed by atoms with Gasteiger partial charge >= 0.3 is 0 Å². The number of hydrogen-bond acceptors (Lipinski definition) is 6. The fourth-order valence-corrected chi connectivity index (χ4v) is 1.32. The molecule has 2 rings (SSSR count). The lowest BCUT2D eigenvalue weighted by molar-refractivity contribution is 0.0353. The molecule has 17 heavy (non-hydrogen) atoms. The topological polar surface area (TPSA) is 113 Å². The van der Waals surface area contributed by atoms with Crippen molar-refractivity contribution in [3.05, 3.63) is 11.4 Å². The number of imidazole rings is 1. The zero-order chi connectivity index (χ0) is 12.1. The van der Waals surface area contributed by atoms with Gasteiger partial charge in [0, 0.05) is 0 Å². The van der Waals surface area contributed by atoms with E-state index in [1.54, 1.807) is 11.1 Å². The van der Waals surface area contributed by atoms with E-state index in [0.29, 0.717) is 26.3 Å². The lowest BCUT2D eigenvalue weighted by Gasteiger charge is -2.21. The Bertz CT molecular complexity index is 469. The summed E-state index contributed by atoms with van der Waals surface area (Å²) >= 11 is 0. The zero-order valence-corrected chi connectivity index (χ0v) is 8.92. The average molecular weight is 231 g/mol. The summed E-state index contributed by atoms with van der Waals surface area (Å²) in [5.74, 6) is 0.157. The Balaban J connectivity index is 2.08. The van der Waals surface area contributed by atoms with Crippen LogP contribution in [0.15, 0.2) is 10.3 Å². The number of nitrogens with one attached hydrogen (secondary N) is 1. The SMILES string of the molecule is N#Cc1nc(N=NN2CCOCC2)[nH]c1C#N. The fraction of sp³-hybridized carbons (Fsp3) is 0.444. The summed E-state index contributed by atoms with van der Waals surface area (Å²) in [5.41, 5.74) is 0.131. The van der Waals surface area contributed by atoms with Crippen LogP contribution in [0.25, 0.3) is 0 Å². The second kappa shape index (κ2) is 5.05. The van der Waals surface area contributed by atoms with Crippen molar-refractivity contribution in [3.63, 3.8) is 0 Å². The van der Waals surface area contributed by atoms with Gasteiger partial charge in [0.2, 0.25) is 0 Å². The van der Waals surface area contributed by atoms with Crippen molar-refractivity contribution in [2.45, 2.75) is 0 Å². The largest absolute Gasteiger partial charge is 0.378 e. The van der Waals surface area contributed by atoms with Crippen LogP contribution < -0.4 is 0 Å². The van der Waals surface area contributed by atoms with Gasteiger partial charge in [0.25, 0.3) is 5.95 Å². The highest BCUT2D eigenvalue weighted by atomic mass is 16.5. The quantitative estimate of drug-likeness (QED) is 0.743. The maximum absolute atomic E-state index is 8.71. The lowest BCUT2D eigenvalue weighted by Crippen LogP contribution is -2.31. The normalized spacial score (nSPS) is 15.8. The Morgan fingerprint density at radius 2 is 2.06 bits per heavy atom. The molecule has 0 unspecified atom stereocenters. The number of morpholine rings is 1. The van der Waals surface area contributed by atoms with E-state index in [1.807, 2.05) is 6.07 Å². The van der Waals surface area contributed by atoms with E-state index in [2.05, 4.69) is 20.3 Å². The Labute approximate surface area is 97.1 Å². The molecule has 0 amide bonds. The van der Waals surface area contributed by atoms with Gasteiger partial charge in [-0.15, -0.1) is 0 Å². The number of hydrogen-bond donors (Lipinski definition) is 1. The van der Waals surface area contributed by atoms with Crippen LogP contribution in [0.3, 0.4) is 0 Å². The van der Waals surface area contributed by atoms with Crippen LogP contribution in [0.5, 0.6) is 0 Å². The summed E-state index contributed by atoms with van der Waals surface area (Å²) in [6.45, 7) is 2.56. The third-order valence-corrected chi connectivity index (χ3v) is 2.16. The number of aromatic amines is 1. The Morgan fingerprint density at radius 1 is 1.29 bits per heavy atom. The summed E-state index contributed by atoms with van der Waals surface area (Å²) < 4.78 is 5.16. The highest BCUT2D eigenvalue weighted by Crippen LogP contribution is 2.12. The highest BCUT2D eigenvalue weighted by molar-refractivity contribution is 5.40. The summed E-state index contributed by atoms with van der Waals surface area (Å²) in [6.07, 6.45) is 0. The number of nitrogens with zero attached hydrogens (tertiary/aromatic N) is 6. The second-order valence-electron chi connectivity index (χ2n) is 3.26. The fourth-order valence-electron chi connectivity index (χ4n) is 1.32. The van der Waals surface area contributed by atoms with Gasteiger partial charge < -0.3 is 9.72 Å². The Hall–Kier alpha value is -2.45. The molecule has 1 N–H and O–H groups in total. The van der Waals surface area contributed by atoms with E-state index in [1.165, 1.54) is 0 Å². The van der Waals surface area contributed by atoms with Crippen molar-refractivity contribution in [1.29, 1.82) is 10.5 Å². The smallest absolute Gasteiger partial charge is 0.250 e. The average Bonchev–Trinajstić information content (AvgIpc) is 2.80. The predicted octanol–water partition coefficient (Wildman–Crippen LogP) is 0.484. The first-order valence-electron chi connectivity index (χ1n) is 4.98. The van der Waals surface area contributed by atoms with Crippen molar-refractivity contribution in [2.24, 2.45) is 10.3 Å². The van der Waals surface area contributed by atoms with Crippen LogP contribution in [-0.2, 0) is 4.74 Å². The van der Waals surface area contributed by atoms with E-state index >= 15 is 0 Å². The molecule has 1 aromatic heterocycles. The molecule has 1 saturated heterocycles. The Morgan fingerprint density at radius 3 is 2.65 bits per heavy atom. The molecule has 2 heterocycles. The van der Waals surface area contributed by atoms with Gasteiger partial charge in [0.15, 0.2) is 11.4 Å². The van der Waals surface area contributed by atoms with Crippen LogP contribution in [0, 0.1) is 22.7 Å². The van der Waals surface area contributed by atoms with Crippen molar-refractivity contribution >= 4 is 5.95 Å². The number of aromatic nitrogens is 2. The summed E-state index contributed by atoms with van der Waals surface area (Å²) in [6, 6.07) is 3.63. The molecule has 8 nitrogen and oxygen atoms in total. The van der Waals surface area contributed by atoms with E-state index in [0.717, 1.165) is 0 Å². The van der Waals surface area contributed by atoms with Crippen LogP contribution in [0.4, 0.5) is 5.95 Å². The molecule has 0 spiro atoms. The summed E-state index contributed by atoms with van der Waals surface area (Å²) in [4.78, 5) is 6.44. The first kappa shape index (κ1) is 11.0. The number of H-pyrrole nitrogens is 1. The molecular formula is C9H9N7O. The molecular weight excluding hydrogens is 222 g/mol. The Kier molecular flexibility index (Phi) is 3.28. The van der Waals surface area contributed by atoms with Gasteiger partial charge in [-0.3, -0.25) is 5.01 Å². The monoisotopic (exact) mass is 231 g/mol. The number of nitriles is 2. The minimum absolute atomic E-state index is 0.0310. The molecule has 0 atom stereocenters.